The Balaban J connectivity index is 2.62. The van der Waals surface area contributed by atoms with Gasteiger partial charge in [0.15, 0.2) is 9.84 Å². The van der Waals surface area contributed by atoms with Crippen LogP contribution in [0.25, 0.3) is 0 Å². The number of hydrogen-bond acceptors (Lipinski definition) is 5. The smallest absolute Gasteiger partial charge is 0.258 e. The van der Waals surface area contributed by atoms with Gasteiger partial charge in [0.1, 0.15) is 0 Å². The highest BCUT2D eigenvalue weighted by atomic mass is 32.2. The number of nitrogens with zero attached hydrogens (tertiary/aromatic N) is 2. The van der Waals surface area contributed by atoms with E-state index in [2.05, 4.69) is 6.07 Å². The van der Waals surface area contributed by atoms with Crippen molar-refractivity contribution in [3.8, 4) is 6.07 Å². The van der Waals surface area contributed by atoms with Crippen LogP contribution in [0.2, 0.25) is 0 Å². The van der Waals surface area contributed by atoms with Gasteiger partial charge in [-0.1, -0.05) is 6.42 Å². The molecule has 0 amide bonds. The SMILES string of the molecule is CC(C)(C#N)CCCCS(=O)(=O)c1ccc([N+](=O)[O-])cc1. The van der Waals surface area contributed by atoms with Crippen LogP contribution < -0.4 is 0 Å². The summed E-state index contributed by atoms with van der Waals surface area (Å²) in [4.78, 5) is 10.0. The van der Waals surface area contributed by atoms with Crippen LogP contribution in [-0.2, 0) is 9.84 Å². The second-order valence-electron chi connectivity index (χ2n) is 5.52. The van der Waals surface area contributed by atoms with E-state index in [1.54, 1.807) is 0 Å². The van der Waals surface area contributed by atoms with E-state index in [1.165, 1.54) is 24.3 Å². The lowest BCUT2D eigenvalue weighted by atomic mass is 9.89. The molecule has 0 atom stereocenters. The number of sulfone groups is 1. The molecule has 0 spiro atoms. The molecule has 0 N–H and O–H groups in total. The van der Waals surface area contributed by atoms with E-state index in [-0.39, 0.29) is 16.3 Å². The topological polar surface area (TPSA) is 101 Å². The Morgan fingerprint density at radius 3 is 2.29 bits per heavy atom. The highest BCUT2D eigenvalue weighted by molar-refractivity contribution is 7.91. The molecule has 0 aliphatic heterocycles. The molecule has 0 heterocycles. The van der Waals surface area contributed by atoms with Crippen molar-refractivity contribution in [2.75, 3.05) is 5.75 Å². The van der Waals surface area contributed by atoms with Gasteiger partial charge >= 0.3 is 0 Å². The zero-order valence-electron chi connectivity index (χ0n) is 12.1. The van der Waals surface area contributed by atoms with Crippen molar-refractivity contribution >= 4 is 15.5 Å². The molecular formula is C14H18N2O4S. The molecule has 21 heavy (non-hydrogen) atoms. The van der Waals surface area contributed by atoms with Crippen LogP contribution in [0.3, 0.4) is 0 Å². The molecular weight excluding hydrogens is 292 g/mol. The first-order valence-electron chi connectivity index (χ1n) is 6.56. The number of unbranched alkanes of at least 4 members (excludes halogenated alkanes) is 1. The molecule has 1 rings (SSSR count). The Morgan fingerprint density at radius 2 is 1.81 bits per heavy atom. The van der Waals surface area contributed by atoms with E-state index in [0.29, 0.717) is 19.3 Å². The van der Waals surface area contributed by atoms with Crippen molar-refractivity contribution in [3.05, 3.63) is 34.4 Å². The summed E-state index contributed by atoms with van der Waals surface area (Å²) in [5, 5.41) is 19.4. The minimum Gasteiger partial charge on any atom is -0.258 e. The van der Waals surface area contributed by atoms with Gasteiger partial charge in [-0.3, -0.25) is 10.1 Å². The monoisotopic (exact) mass is 310 g/mol. The van der Waals surface area contributed by atoms with Gasteiger partial charge in [-0.25, -0.2) is 8.42 Å². The molecule has 7 heteroatoms. The summed E-state index contributed by atoms with van der Waals surface area (Å²) in [5.74, 6) is -0.0215. The van der Waals surface area contributed by atoms with Crippen LogP contribution >= 0.6 is 0 Å². The summed E-state index contributed by atoms with van der Waals surface area (Å²) >= 11 is 0. The highest BCUT2D eigenvalue weighted by Gasteiger charge is 2.19. The first-order valence-corrected chi connectivity index (χ1v) is 8.22. The Labute approximate surface area is 124 Å². The maximum atomic E-state index is 12.1. The van der Waals surface area contributed by atoms with Crippen LogP contribution in [-0.4, -0.2) is 19.1 Å². The Bertz CT molecular complexity index is 643. The molecule has 0 aromatic heterocycles. The van der Waals surface area contributed by atoms with Crippen LogP contribution in [0.15, 0.2) is 29.2 Å². The van der Waals surface area contributed by atoms with E-state index >= 15 is 0 Å². The van der Waals surface area contributed by atoms with Gasteiger partial charge in [0.2, 0.25) is 0 Å². The van der Waals surface area contributed by atoms with Gasteiger partial charge in [-0.05, 0) is 38.8 Å². The Kier molecular flexibility index (Phi) is 5.44. The molecule has 1 aromatic carbocycles. The van der Waals surface area contributed by atoms with Crippen molar-refractivity contribution in [3.63, 3.8) is 0 Å². The molecule has 0 unspecified atom stereocenters. The van der Waals surface area contributed by atoms with Crippen LogP contribution in [0.1, 0.15) is 33.1 Å². The highest BCUT2D eigenvalue weighted by Crippen LogP contribution is 2.23. The van der Waals surface area contributed by atoms with E-state index in [9.17, 15) is 18.5 Å². The lowest BCUT2D eigenvalue weighted by molar-refractivity contribution is -0.384. The number of non-ortho nitro benzene ring substituents is 1. The van der Waals surface area contributed by atoms with Gasteiger partial charge in [0.25, 0.3) is 5.69 Å². The number of nitro groups is 1. The first kappa shape index (κ1) is 17.1. The van der Waals surface area contributed by atoms with Crippen molar-refractivity contribution in [1.82, 2.24) is 0 Å². The molecule has 6 nitrogen and oxygen atoms in total. The molecule has 0 radical (unpaired) electrons. The van der Waals surface area contributed by atoms with Crippen LogP contribution in [0, 0.1) is 26.9 Å². The minimum atomic E-state index is -3.43. The largest absolute Gasteiger partial charge is 0.269 e. The first-order chi connectivity index (χ1) is 9.68. The maximum absolute atomic E-state index is 12.1. The average Bonchev–Trinajstić information content (AvgIpc) is 2.44. The van der Waals surface area contributed by atoms with Gasteiger partial charge in [-0.2, -0.15) is 5.26 Å². The third-order valence-corrected chi connectivity index (χ3v) is 4.99. The lowest BCUT2D eigenvalue weighted by Crippen LogP contribution is -2.10. The summed E-state index contributed by atoms with van der Waals surface area (Å²) < 4.78 is 24.1. The van der Waals surface area contributed by atoms with Gasteiger partial charge in [-0.15, -0.1) is 0 Å². The second kappa shape index (κ2) is 6.68. The van der Waals surface area contributed by atoms with Crippen LogP contribution in [0.5, 0.6) is 0 Å². The normalized spacial score (nSPS) is 11.9. The number of hydrogen-bond donors (Lipinski definition) is 0. The fraction of sp³-hybridized carbons (Fsp3) is 0.500. The second-order valence-corrected chi connectivity index (χ2v) is 7.63. The molecule has 0 bridgehead atoms. The Morgan fingerprint density at radius 1 is 1.24 bits per heavy atom. The molecule has 0 aliphatic rings. The van der Waals surface area contributed by atoms with E-state index in [0.717, 1.165) is 0 Å². The number of benzene rings is 1. The van der Waals surface area contributed by atoms with Gasteiger partial charge in [0, 0.05) is 12.1 Å². The van der Waals surface area contributed by atoms with Gasteiger partial charge in [0.05, 0.1) is 27.1 Å². The third kappa shape index (κ3) is 5.16. The quantitative estimate of drug-likeness (QED) is 0.437. The summed E-state index contributed by atoms with van der Waals surface area (Å²) in [7, 11) is -3.43. The molecule has 114 valence electrons. The number of nitro benzene ring substituents is 1. The summed E-state index contributed by atoms with van der Waals surface area (Å²) in [5.41, 5.74) is -0.582. The molecule has 0 saturated heterocycles. The van der Waals surface area contributed by atoms with Gasteiger partial charge < -0.3 is 0 Å². The summed E-state index contributed by atoms with van der Waals surface area (Å²) in [6.45, 7) is 3.63. The predicted octanol–water partition coefficient (Wildman–Crippen LogP) is 3.09. The average molecular weight is 310 g/mol. The Hall–Kier alpha value is -1.94. The van der Waals surface area contributed by atoms with E-state index in [4.69, 9.17) is 5.26 Å². The fourth-order valence-electron chi connectivity index (χ4n) is 1.81. The van der Waals surface area contributed by atoms with E-state index < -0.39 is 20.2 Å². The van der Waals surface area contributed by atoms with Crippen molar-refractivity contribution in [2.24, 2.45) is 5.41 Å². The number of rotatable bonds is 7. The summed E-state index contributed by atoms with van der Waals surface area (Å²) in [6.07, 6.45) is 1.75. The minimum absolute atomic E-state index is 0.0215. The van der Waals surface area contributed by atoms with Crippen molar-refractivity contribution < 1.29 is 13.3 Å². The summed E-state index contributed by atoms with van der Waals surface area (Å²) in [6, 6.07) is 7.06. The predicted molar refractivity (Wildman–Crippen MR) is 78.4 cm³/mol. The van der Waals surface area contributed by atoms with Crippen LogP contribution in [0.4, 0.5) is 5.69 Å². The van der Waals surface area contributed by atoms with Crippen molar-refractivity contribution in [1.29, 1.82) is 5.26 Å². The van der Waals surface area contributed by atoms with E-state index in [1.807, 2.05) is 13.8 Å². The molecule has 1 aromatic rings. The zero-order chi connectivity index (χ0) is 16.1. The maximum Gasteiger partial charge on any atom is 0.269 e. The zero-order valence-corrected chi connectivity index (χ0v) is 12.9. The number of nitriles is 1. The molecule has 0 saturated carbocycles. The third-order valence-electron chi connectivity index (χ3n) is 3.17. The molecule has 0 fully saturated rings. The molecule has 0 aliphatic carbocycles. The van der Waals surface area contributed by atoms with Crippen molar-refractivity contribution in [2.45, 2.75) is 38.0 Å². The standard InChI is InChI=1S/C14H18N2O4S/c1-14(2,11-15)9-3-4-10-21(19,20)13-7-5-12(6-8-13)16(17)18/h5-8H,3-4,9-10H2,1-2H3. The fourth-order valence-corrected chi connectivity index (χ4v) is 3.18. The lowest BCUT2D eigenvalue weighted by Gasteiger charge is -2.14.